The van der Waals surface area contributed by atoms with Gasteiger partial charge >= 0.3 is 0 Å². The molecule has 1 fully saturated rings. The van der Waals surface area contributed by atoms with Crippen LogP contribution in [-0.4, -0.2) is 61.1 Å². The summed E-state index contributed by atoms with van der Waals surface area (Å²) in [7, 11) is 2.10. The molecule has 6 heteroatoms. The molecule has 1 heterocycles. The third-order valence-electron chi connectivity index (χ3n) is 4.01. The first-order chi connectivity index (χ1) is 10.6. The van der Waals surface area contributed by atoms with Crippen LogP contribution in [0.25, 0.3) is 0 Å². The Kier molecular flexibility index (Phi) is 6.42. The van der Waals surface area contributed by atoms with Gasteiger partial charge in [0.1, 0.15) is 0 Å². The lowest BCUT2D eigenvalue weighted by Crippen LogP contribution is -2.32. The number of nitrogens with zero attached hydrogens (tertiary/aromatic N) is 1. The molecule has 1 aromatic rings. The van der Waals surface area contributed by atoms with Gasteiger partial charge in [-0.3, -0.25) is 0 Å². The molecule has 124 valence electrons. The highest BCUT2D eigenvalue weighted by Gasteiger charge is 2.19. The van der Waals surface area contributed by atoms with Crippen LogP contribution in [0.5, 0.6) is 5.75 Å². The van der Waals surface area contributed by atoms with Crippen molar-refractivity contribution in [2.75, 3.05) is 45.2 Å². The zero-order chi connectivity index (χ0) is 15.9. The van der Waals surface area contributed by atoms with Gasteiger partial charge in [-0.1, -0.05) is 6.07 Å². The van der Waals surface area contributed by atoms with E-state index in [1.54, 1.807) is 12.1 Å². The quantitative estimate of drug-likeness (QED) is 0.708. The van der Waals surface area contributed by atoms with Gasteiger partial charge in [0.05, 0.1) is 25.0 Å². The van der Waals surface area contributed by atoms with Gasteiger partial charge in [-0.05, 0) is 51.0 Å². The van der Waals surface area contributed by atoms with Crippen LogP contribution >= 0.6 is 0 Å². The molecule has 22 heavy (non-hydrogen) atoms. The largest absolute Gasteiger partial charge is 0.488 e. The molecule has 1 aromatic carbocycles. The van der Waals surface area contributed by atoms with Crippen LogP contribution in [0, 0.1) is 11.7 Å². The summed E-state index contributed by atoms with van der Waals surface area (Å²) in [5.41, 5.74) is 0.500. The molecular formula is C16H25FN2O3. The molecule has 0 saturated carbocycles. The molecule has 1 atom stereocenters. The number of benzene rings is 1. The van der Waals surface area contributed by atoms with Gasteiger partial charge in [0, 0.05) is 6.54 Å². The zero-order valence-electron chi connectivity index (χ0n) is 13.0. The number of aliphatic hydroxyl groups excluding tert-OH is 2. The summed E-state index contributed by atoms with van der Waals surface area (Å²) < 4.78 is 19.7. The van der Waals surface area contributed by atoms with Gasteiger partial charge in [0.25, 0.3) is 0 Å². The van der Waals surface area contributed by atoms with Gasteiger partial charge in [0.2, 0.25) is 0 Å². The maximum atomic E-state index is 14.0. The number of para-hydroxylation sites is 1. The normalized spacial score (nSPS) is 18.2. The molecule has 5 nitrogen and oxygen atoms in total. The van der Waals surface area contributed by atoms with Crippen LogP contribution in [0.3, 0.4) is 0 Å². The first-order valence-corrected chi connectivity index (χ1v) is 7.72. The van der Waals surface area contributed by atoms with Crippen molar-refractivity contribution in [2.24, 2.45) is 5.92 Å². The molecule has 1 unspecified atom stereocenters. The second kappa shape index (κ2) is 8.31. The van der Waals surface area contributed by atoms with Gasteiger partial charge in [-0.2, -0.15) is 0 Å². The second-order valence-electron chi connectivity index (χ2n) is 5.89. The average Bonchev–Trinajstić information content (AvgIpc) is 2.53. The van der Waals surface area contributed by atoms with Gasteiger partial charge in [-0.15, -0.1) is 0 Å². The molecule has 1 aliphatic heterocycles. The summed E-state index contributed by atoms with van der Waals surface area (Å²) >= 11 is 0. The lowest BCUT2D eigenvalue weighted by molar-refractivity contribution is 0.105. The number of piperidine rings is 1. The van der Waals surface area contributed by atoms with Crippen LogP contribution < -0.4 is 10.1 Å². The van der Waals surface area contributed by atoms with Crippen LogP contribution in [0.4, 0.5) is 10.1 Å². The van der Waals surface area contributed by atoms with Crippen molar-refractivity contribution in [3.63, 3.8) is 0 Å². The summed E-state index contributed by atoms with van der Waals surface area (Å²) in [6, 6.07) is 4.65. The predicted molar refractivity (Wildman–Crippen MR) is 83.7 cm³/mol. The fourth-order valence-electron chi connectivity index (χ4n) is 2.52. The minimum Gasteiger partial charge on any atom is -0.488 e. The van der Waals surface area contributed by atoms with Gasteiger partial charge in [0.15, 0.2) is 11.6 Å². The summed E-state index contributed by atoms with van der Waals surface area (Å²) in [5, 5.41) is 21.1. The number of nitrogens with one attached hydrogen (secondary N) is 1. The Balaban J connectivity index is 1.94. The molecule has 0 bridgehead atoms. The van der Waals surface area contributed by atoms with Crippen molar-refractivity contribution in [3.05, 3.63) is 24.0 Å². The standard InChI is InChI=1S/C16H25FN2O3/c1-19-7-5-12(6-8-19)11-22-16-14(17)3-2-4-15(16)18-9-13(21)10-20/h2-4,12-13,18,20-21H,5-11H2,1H3. The van der Waals surface area contributed by atoms with E-state index in [2.05, 4.69) is 17.3 Å². The number of rotatable bonds is 7. The topological polar surface area (TPSA) is 65.0 Å². The molecule has 0 aliphatic carbocycles. The monoisotopic (exact) mass is 312 g/mol. The third kappa shape index (κ3) is 4.83. The number of halogens is 1. The Bertz CT molecular complexity index is 465. The molecule has 1 saturated heterocycles. The van der Waals surface area contributed by atoms with Crippen molar-refractivity contribution in [3.8, 4) is 5.75 Å². The maximum Gasteiger partial charge on any atom is 0.177 e. The van der Waals surface area contributed by atoms with Crippen LogP contribution in [0.15, 0.2) is 18.2 Å². The van der Waals surface area contributed by atoms with Crippen molar-refractivity contribution in [1.29, 1.82) is 0 Å². The average molecular weight is 312 g/mol. The number of ether oxygens (including phenoxy) is 1. The number of hydrogen-bond acceptors (Lipinski definition) is 5. The number of anilines is 1. The van der Waals surface area contributed by atoms with E-state index in [1.165, 1.54) is 6.07 Å². The Hall–Kier alpha value is -1.37. The van der Waals surface area contributed by atoms with E-state index in [1.807, 2.05) is 0 Å². The summed E-state index contributed by atoms with van der Waals surface area (Å²) in [6.45, 7) is 2.38. The molecule has 0 aromatic heterocycles. The van der Waals surface area contributed by atoms with E-state index in [0.29, 0.717) is 18.2 Å². The Labute approximate surface area is 130 Å². The lowest BCUT2D eigenvalue weighted by atomic mass is 9.98. The highest BCUT2D eigenvalue weighted by Crippen LogP contribution is 2.29. The molecule has 0 amide bonds. The van der Waals surface area contributed by atoms with Gasteiger partial charge in [-0.25, -0.2) is 4.39 Å². The van der Waals surface area contributed by atoms with Crippen molar-refractivity contribution < 1.29 is 19.3 Å². The second-order valence-corrected chi connectivity index (χ2v) is 5.89. The van der Waals surface area contributed by atoms with Crippen LogP contribution in [0.1, 0.15) is 12.8 Å². The van der Waals surface area contributed by atoms with E-state index < -0.39 is 11.9 Å². The minimum atomic E-state index is -0.884. The Morgan fingerprint density at radius 2 is 2.14 bits per heavy atom. The first-order valence-electron chi connectivity index (χ1n) is 7.72. The van der Waals surface area contributed by atoms with Crippen molar-refractivity contribution >= 4 is 5.69 Å². The number of hydrogen-bond donors (Lipinski definition) is 3. The fraction of sp³-hybridized carbons (Fsp3) is 0.625. The highest BCUT2D eigenvalue weighted by atomic mass is 19.1. The molecule has 0 radical (unpaired) electrons. The third-order valence-corrected chi connectivity index (χ3v) is 4.01. The Morgan fingerprint density at radius 3 is 2.82 bits per heavy atom. The molecule has 1 aliphatic rings. The number of likely N-dealkylation sites (tertiary alicyclic amines) is 1. The predicted octanol–water partition coefficient (Wildman–Crippen LogP) is 1.31. The van der Waals surface area contributed by atoms with E-state index in [4.69, 9.17) is 9.84 Å². The SMILES string of the molecule is CN1CCC(COc2c(F)cccc2NCC(O)CO)CC1. The zero-order valence-corrected chi connectivity index (χ0v) is 13.0. The van der Waals surface area contributed by atoms with Crippen LogP contribution in [0.2, 0.25) is 0 Å². The lowest BCUT2D eigenvalue weighted by Gasteiger charge is -2.29. The van der Waals surface area contributed by atoms with E-state index in [0.717, 1.165) is 25.9 Å². The highest BCUT2D eigenvalue weighted by molar-refractivity contribution is 5.57. The van der Waals surface area contributed by atoms with Crippen molar-refractivity contribution in [2.45, 2.75) is 18.9 Å². The molecule has 0 spiro atoms. The van der Waals surface area contributed by atoms with E-state index in [-0.39, 0.29) is 18.9 Å². The van der Waals surface area contributed by atoms with Crippen LogP contribution in [-0.2, 0) is 0 Å². The van der Waals surface area contributed by atoms with E-state index >= 15 is 0 Å². The fourth-order valence-corrected chi connectivity index (χ4v) is 2.52. The van der Waals surface area contributed by atoms with Gasteiger partial charge < -0.3 is 25.2 Å². The molecular weight excluding hydrogens is 287 g/mol. The summed E-state index contributed by atoms with van der Waals surface area (Å²) in [5.74, 6) is 0.203. The molecule has 3 N–H and O–H groups in total. The minimum absolute atomic E-state index is 0.143. The summed E-state index contributed by atoms with van der Waals surface area (Å²) in [4.78, 5) is 2.28. The van der Waals surface area contributed by atoms with E-state index in [9.17, 15) is 9.50 Å². The summed E-state index contributed by atoms with van der Waals surface area (Å²) in [6.07, 6.45) is 1.22. The maximum absolute atomic E-state index is 14.0. The van der Waals surface area contributed by atoms with Crippen molar-refractivity contribution in [1.82, 2.24) is 4.90 Å². The Morgan fingerprint density at radius 1 is 1.41 bits per heavy atom. The number of aliphatic hydroxyl groups is 2. The first kappa shape index (κ1) is 17.0. The molecule has 2 rings (SSSR count). The smallest absolute Gasteiger partial charge is 0.177 e.